The summed E-state index contributed by atoms with van der Waals surface area (Å²) < 4.78 is 26.9. The van der Waals surface area contributed by atoms with E-state index in [9.17, 15) is 8.42 Å². The second-order valence-corrected chi connectivity index (χ2v) is 6.04. The molecule has 0 bridgehead atoms. The summed E-state index contributed by atoms with van der Waals surface area (Å²) in [6.07, 6.45) is 1.51. The van der Waals surface area contributed by atoms with Crippen molar-refractivity contribution in [2.75, 3.05) is 12.4 Å². The quantitative estimate of drug-likeness (QED) is 0.552. The van der Waals surface area contributed by atoms with E-state index in [2.05, 4.69) is 30.7 Å². The third kappa shape index (κ3) is 6.50. The lowest BCUT2D eigenvalue weighted by molar-refractivity contribution is 0.340. The molecule has 0 amide bonds. The maximum absolute atomic E-state index is 11.2. The van der Waals surface area contributed by atoms with Gasteiger partial charge in [-0.3, -0.25) is 4.18 Å². The second-order valence-electron chi connectivity index (χ2n) is 4.35. The number of hydrogen-bond donors (Lipinski definition) is 0. The van der Waals surface area contributed by atoms with Gasteiger partial charge < -0.3 is 0 Å². The van der Waals surface area contributed by atoms with Crippen molar-refractivity contribution in [3.8, 4) is 0 Å². The molecule has 0 aliphatic rings. The minimum absolute atomic E-state index is 0.0197. The molecule has 15 heavy (non-hydrogen) atoms. The highest BCUT2D eigenvalue weighted by Gasteiger charge is 2.12. The van der Waals surface area contributed by atoms with Gasteiger partial charge in [-0.1, -0.05) is 20.8 Å². The molecule has 0 rings (SSSR count). The third-order valence-corrected chi connectivity index (χ3v) is 3.20. The van der Waals surface area contributed by atoms with Gasteiger partial charge in [-0.05, 0) is 30.9 Å². The fourth-order valence-corrected chi connectivity index (χ4v) is 1.48. The first kappa shape index (κ1) is 14.4. The van der Waals surface area contributed by atoms with E-state index in [1.807, 2.05) is 6.92 Å². The highest BCUT2D eigenvalue weighted by molar-refractivity contribution is 7.86. The molecule has 0 aromatic rings. The average molecular weight is 232 g/mol. The normalized spacial score (nSPS) is 12.1. The lowest BCUT2D eigenvalue weighted by atomic mass is 9.88. The fraction of sp³-hybridized carbons (Fsp3) is 0.727. The van der Waals surface area contributed by atoms with Crippen molar-refractivity contribution in [2.45, 2.75) is 34.6 Å². The Morgan fingerprint density at radius 1 is 1.40 bits per heavy atom. The second kappa shape index (κ2) is 5.50. The Bertz CT molecular complexity index is 352. The van der Waals surface area contributed by atoms with Crippen LogP contribution in [0.3, 0.4) is 0 Å². The lowest BCUT2D eigenvalue weighted by Crippen LogP contribution is -2.08. The lowest BCUT2D eigenvalue weighted by Gasteiger charge is -2.16. The third-order valence-electron chi connectivity index (χ3n) is 2.03. The van der Waals surface area contributed by atoms with E-state index in [0.29, 0.717) is 0 Å². The Morgan fingerprint density at radius 3 is 2.33 bits per heavy atom. The summed E-state index contributed by atoms with van der Waals surface area (Å²) in [6.45, 7) is 9.93. The monoisotopic (exact) mass is 232 g/mol. The minimum Gasteiger partial charge on any atom is -0.270 e. The van der Waals surface area contributed by atoms with E-state index in [4.69, 9.17) is 0 Å². The van der Waals surface area contributed by atoms with Crippen LogP contribution >= 0.6 is 0 Å². The molecule has 0 aliphatic heterocycles. The van der Waals surface area contributed by atoms with Crippen LogP contribution in [0, 0.1) is 5.41 Å². The van der Waals surface area contributed by atoms with Crippen LogP contribution in [0.25, 0.3) is 0 Å². The van der Waals surface area contributed by atoms with E-state index in [1.54, 1.807) is 6.92 Å². The van der Waals surface area contributed by atoms with Crippen LogP contribution in [0.5, 0.6) is 0 Å². The predicted molar refractivity (Wildman–Crippen MR) is 62.1 cm³/mol. The molecule has 4 heteroatoms. The van der Waals surface area contributed by atoms with Gasteiger partial charge in [-0.25, -0.2) is 0 Å². The van der Waals surface area contributed by atoms with Crippen molar-refractivity contribution in [2.24, 2.45) is 5.41 Å². The maximum Gasteiger partial charge on any atom is 0.271 e. The summed E-state index contributed by atoms with van der Waals surface area (Å²) in [6, 6.07) is 0. The van der Waals surface area contributed by atoms with Gasteiger partial charge in [0.25, 0.3) is 10.1 Å². The Labute approximate surface area is 93.0 Å². The fourth-order valence-electron chi connectivity index (χ4n) is 0.741. The average Bonchev–Trinajstić information content (AvgIpc) is 2.01. The van der Waals surface area contributed by atoms with Crippen molar-refractivity contribution in [3.63, 3.8) is 0 Å². The topological polar surface area (TPSA) is 43.4 Å². The van der Waals surface area contributed by atoms with Gasteiger partial charge in [0.15, 0.2) is 0 Å². The highest BCUT2D eigenvalue weighted by atomic mass is 32.2. The zero-order valence-electron chi connectivity index (χ0n) is 10.1. The van der Waals surface area contributed by atoms with Gasteiger partial charge >= 0.3 is 0 Å². The summed E-state index contributed by atoms with van der Waals surface area (Å²) in [5.41, 5.74) is 4.01. The molecule has 0 aliphatic carbocycles. The SMILES string of the molecule is CCOS(=O)(=O)CC=C=C(C)C(C)(C)C. The first-order chi connectivity index (χ1) is 6.69. The standard InChI is InChI=1S/C11H20O3S/c1-6-14-15(12,13)9-7-8-10(2)11(3,4)5/h7H,6,9H2,1-5H3. The Hall–Kier alpha value is -0.570. The molecule has 0 fully saturated rings. The van der Waals surface area contributed by atoms with Gasteiger partial charge in [-0.15, -0.1) is 5.73 Å². The predicted octanol–water partition coefficient (Wildman–Crippen LogP) is 2.50. The van der Waals surface area contributed by atoms with Crippen molar-refractivity contribution in [1.29, 1.82) is 0 Å². The van der Waals surface area contributed by atoms with Crippen LogP contribution in [-0.4, -0.2) is 20.8 Å². The molecule has 0 saturated carbocycles. The van der Waals surface area contributed by atoms with Gasteiger partial charge in [0, 0.05) is 0 Å². The molecule has 0 N–H and O–H groups in total. The molecule has 0 spiro atoms. The van der Waals surface area contributed by atoms with E-state index in [1.165, 1.54) is 6.08 Å². The first-order valence-electron chi connectivity index (χ1n) is 4.98. The Balaban J connectivity index is 4.58. The molecule has 0 heterocycles. The molecule has 0 unspecified atom stereocenters. The molecular formula is C11H20O3S. The summed E-state index contributed by atoms with van der Waals surface area (Å²) in [5.74, 6) is -0.117. The Kier molecular flexibility index (Phi) is 5.29. The van der Waals surface area contributed by atoms with Gasteiger partial charge in [0.05, 0.1) is 6.61 Å². The van der Waals surface area contributed by atoms with Crippen LogP contribution in [-0.2, 0) is 14.3 Å². The molecule has 0 radical (unpaired) electrons. The number of rotatable bonds is 4. The van der Waals surface area contributed by atoms with E-state index < -0.39 is 10.1 Å². The van der Waals surface area contributed by atoms with Crippen LogP contribution in [0.1, 0.15) is 34.6 Å². The van der Waals surface area contributed by atoms with Crippen molar-refractivity contribution < 1.29 is 12.6 Å². The summed E-state index contributed by atoms with van der Waals surface area (Å²) in [7, 11) is -3.40. The summed E-state index contributed by atoms with van der Waals surface area (Å²) in [4.78, 5) is 0. The summed E-state index contributed by atoms with van der Waals surface area (Å²) >= 11 is 0. The molecule has 0 atom stereocenters. The molecule has 0 aromatic carbocycles. The van der Waals surface area contributed by atoms with E-state index >= 15 is 0 Å². The summed E-state index contributed by atoms with van der Waals surface area (Å²) in [5, 5.41) is 0. The van der Waals surface area contributed by atoms with Crippen LogP contribution < -0.4 is 0 Å². The van der Waals surface area contributed by atoms with Crippen LogP contribution in [0.2, 0.25) is 0 Å². The number of hydrogen-bond acceptors (Lipinski definition) is 3. The zero-order chi connectivity index (χ0) is 12.1. The van der Waals surface area contributed by atoms with Crippen LogP contribution in [0.4, 0.5) is 0 Å². The molecule has 0 saturated heterocycles. The highest BCUT2D eigenvalue weighted by Crippen LogP contribution is 2.22. The first-order valence-corrected chi connectivity index (χ1v) is 6.56. The minimum atomic E-state index is -3.40. The van der Waals surface area contributed by atoms with Crippen molar-refractivity contribution in [3.05, 3.63) is 17.4 Å². The Morgan fingerprint density at radius 2 is 1.93 bits per heavy atom. The van der Waals surface area contributed by atoms with Gasteiger partial charge in [0.2, 0.25) is 0 Å². The molecular weight excluding hydrogens is 212 g/mol. The van der Waals surface area contributed by atoms with E-state index in [0.717, 1.165) is 5.57 Å². The van der Waals surface area contributed by atoms with E-state index in [-0.39, 0.29) is 17.8 Å². The smallest absolute Gasteiger partial charge is 0.270 e. The molecule has 88 valence electrons. The van der Waals surface area contributed by atoms with Gasteiger partial charge in [0.1, 0.15) is 5.75 Å². The molecule has 3 nitrogen and oxygen atoms in total. The van der Waals surface area contributed by atoms with Gasteiger partial charge in [-0.2, -0.15) is 8.42 Å². The van der Waals surface area contributed by atoms with Crippen molar-refractivity contribution >= 4 is 10.1 Å². The van der Waals surface area contributed by atoms with Crippen molar-refractivity contribution in [1.82, 2.24) is 0 Å². The largest absolute Gasteiger partial charge is 0.271 e. The van der Waals surface area contributed by atoms with Crippen LogP contribution in [0.15, 0.2) is 17.4 Å². The zero-order valence-corrected chi connectivity index (χ0v) is 10.9. The molecule has 0 aromatic heterocycles. The maximum atomic E-state index is 11.2.